The predicted molar refractivity (Wildman–Crippen MR) is 77.3 cm³/mol. The van der Waals surface area contributed by atoms with Crippen LogP contribution in [0.4, 0.5) is 0 Å². The molecule has 0 aromatic carbocycles. The van der Waals surface area contributed by atoms with E-state index < -0.39 is 8.07 Å². The molecule has 0 amide bonds. The molecule has 0 aromatic heterocycles. The number of rotatable bonds is 3. The normalized spacial score (nSPS) is 20.6. The minimum absolute atomic E-state index is 0.602. The van der Waals surface area contributed by atoms with E-state index in [1.807, 2.05) is 0 Å². The molecule has 1 nitrogen and oxygen atoms in total. The zero-order valence-electron chi connectivity index (χ0n) is 11.5. The van der Waals surface area contributed by atoms with E-state index in [1.165, 1.54) is 43.4 Å². The van der Waals surface area contributed by atoms with Crippen molar-refractivity contribution in [3.63, 3.8) is 0 Å². The van der Waals surface area contributed by atoms with Gasteiger partial charge in [-0.3, -0.25) is 4.99 Å². The third-order valence-electron chi connectivity index (χ3n) is 3.35. The summed E-state index contributed by atoms with van der Waals surface area (Å²) >= 11 is 0. The van der Waals surface area contributed by atoms with E-state index >= 15 is 0 Å². The molecule has 0 bridgehead atoms. The van der Waals surface area contributed by atoms with Crippen molar-refractivity contribution < 1.29 is 0 Å². The second-order valence-corrected chi connectivity index (χ2v) is 11.5. The number of hydrogen-bond acceptors (Lipinski definition) is 1. The molecule has 1 aliphatic heterocycles. The summed E-state index contributed by atoms with van der Waals surface area (Å²) in [6.07, 6.45) is 6.56. The third-order valence-corrected chi connectivity index (χ3v) is 5.91. The van der Waals surface area contributed by atoms with E-state index in [1.54, 1.807) is 0 Å². The second-order valence-electron chi connectivity index (χ2n) is 6.18. The Kier molecular flexibility index (Phi) is 4.97. The molecule has 0 spiro atoms. The molecule has 1 heterocycles. The van der Waals surface area contributed by atoms with Gasteiger partial charge in [-0.15, -0.1) is 0 Å². The quantitative estimate of drug-likeness (QED) is 0.499. The number of allylic oxidation sites excluding steroid dienone is 1. The Hall–Kier alpha value is -0.373. The molecule has 2 heteroatoms. The van der Waals surface area contributed by atoms with Gasteiger partial charge in [0.25, 0.3) is 0 Å². The van der Waals surface area contributed by atoms with E-state index in [4.69, 9.17) is 4.99 Å². The fourth-order valence-electron chi connectivity index (χ4n) is 2.83. The molecular weight excluding hydrogens is 210 g/mol. The van der Waals surface area contributed by atoms with Crippen molar-refractivity contribution in [1.29, 1.82) is 0 Å². The Morgan fingerprint density at radius 2 is 1.81 bits per heavy atom. The summed E-state index contributed by atoms with van der Waals surface area (Å²) in [6, 6.07) is 0. The molecule has 0 saturated heterocycles. The third kappa shape index (κ3) is 3.89. The second kappa shape index (κ2) is 5.81. The smallest absolute Gasteiger partial charge is 0.0584 e. The van der Waals surface area contributed by atoms with E-state index in [9.17, 15) is 0 Å². The maximum atomic E-state index is 4.86. The fraction of sp³-hybridized carbons (Fsp3) is 0.786. The van der Waals surface area contributed by atoms with Crippen LogP contribution in [0.2, 0.25) is 25.2 Å². The van der Waals surface area contributed by atoms with Gasteiger partial charge in [0.2, 0.25) is 0 Å². The van der Waals surface area contributed by atoms with Gasteiger partial charge in [0.15, 0.2) is 0 Å². The minimum Gasteiger partial charge on any atom is -0.294 e. The molecule has 0 saturated carbocycles. The van der Waals surface area contributed by atoms with E-state index in [0.29, 0.717) is 5.54 Å². The Balaban J connectivity index is 2.87. The van der Waals surface area contributed by atoms with E-state index in [0.717, 1.165) is 6.54 Å². The lowest BCUT2D eigenvalue weighted by atomic mass is 10.0. The molecule has 92 valence electrons. The zero-order chi connectivity index (χ0) is 12.2. The van der Waals surface area contributed by atoms with Crippen molar-refractivity contribution in [1.82, 2.24) is 0 Å². The van der Waals surface area contributed by atoms with Gasteiger partial charge in [-0.25, -0.2) is 0 Å². The van der Waals surface area contributed by atoms with Crippen molar-refractivity contribution in [2.45, 2.75) is 64.2 Å². The Morgan fingerprint density at radius 3 is 2.38 bits per heavy atom. The first-order valence-corrected chi connectivity index (χ1v) is 10.2. The van der Waals surface area contributed by atoms with Gasteiger partial charge in [-0.1, -0.05) is 44.6 Å². The molecule has 1 atom stereocenters. The predicted octanol–water partition coefficient (Wildman–Crippen LogP) is 4.68. The first-order valence-electron chi connectivity index (χ1n) is 6.61. The van der Waals surface area contributed by atoms with Crippen LogP contribution < -0.4 is 0 Å². The molecule has 0 N–H and O–H groups in total. The Labute approximate surface area is 102 Å². The monoisotopic (exact) mass is 237 g/mol. The van der Waals surface area contributed by atoms with E-state index in [2.05, 4.69) is 33.1 Å². The molecule has 0 fully saturated rings. The summed E-state index contributed by atoms with van der Waals surface area (Å²) in [5.41, 5.74) is 3.40. The summed E-state index contributed by atoms with van der Waals surface area (Å²) < 4.78 is 0. The van der Waals surface area contributed by atoms with Crippen LogP contribution in [-0.4, -0.2) is 20.3 Å². The Morgan fingerprint density at radius 1 is 1.19 bits per heavy atom. The van der Waals surface area contributed by atoms with Gasteiger partial charge in [-0.05, 0) is 26.2 Å². The van der Waals surface area contributed by atoms with Gasteiger partial charge >= 0.3 is 0 Å². The van der Waals surface area contributed by atoms with Crippen molar-refractivity contribution in [2.24, 2.45) is 4.99 Å². The molecule has 1 rings (SSSR count). The molecular formula is C14H27NSi. The highest BCUT2D eigenvalue weighted by Gasteiger charge is 2.31. The number of nitrogens with zero attached hydrogens (tertiary/aromatic N) is 1. The molecule has 1 aliphatic rings. The lowest BCUT2D eigenvalue weighted by Gasteiger charge is -2.31. The van der Waals surface area contributed by atoms with E-state index in [-0.39, 0.29) is 0 Å². The van der Waals surface area contributed by atoms with Gasteiger partial charge in [-0.2, -0.15) is 0 Å². The Bertz CT molecular complexity index is 273. The van der Waals surface area contributed by atoms with Crippen LogP contribution in [0.15, 0.2) is 17.1 Å². The van der Waals surface area contributed by atoms with Crippen LogP contribution in [0.5, 0.6) is 0 Å². The lowest BCUT2D eigenvalue weighted by molar-refractivity contribution is 0.640. The summed E-state index contributed by atoms with van der Waals surface area (Å²) in [6.45, 7) is 14.7. The molecule has 0 aliphatic carbocycles. The van der Waals surface area contributed by atoms with Crippen LogP contribution in [-0.2, 0) is 0 Å². The first kappa shape index (κ1) is 13.7. The van der Waals surface area contributed by atoms with Crippen molar-refractivity contribution in [3.8, 4) is 0 Å². The van der Waals surface area contributed by atoms with Gasteiger partial charge in [0, 0.05) is 17.8 Å². The number of aliphatic imine (C=N–C) groups is 1. The molecule has 0 radical (unpaired) electrons. The summed E-state index contributed by atoms with van der Waals surface area (Å²) in [5, 5.41) is 0. The summed E-state index contributed by atoms with van der Waals surface area (Å²) in [7, 11) is -1.21. The maximum absolute atomic E-state index is 4.86. The van der Waals surface area contributed by atoms with Crippen LogP contribution in [0.25, 0.3) is 0 Å². The average molecular weight is 237 g/mol. The number of hydrogen-bond donors (Lipinski definition) is 0. The standard InChI is InChI=1S/C14H27NSi/c1-12(2)14(16(3,4)5)13-10-8-6-7-9-11-15-13/h14H,1,6-11H2,2-5H3. The van der Waals surface area contributed by atoms with Crippen LogP contribution in [0, 0.1) is 0 Å². The van der Waals surface area contributed by atoms with Crippen LogP contribution >= 0.6 is 0 Å². The summed E-state index contributed by atoms with van der Waals surface area (Å²) in [4.78, 5) is 4.86. The van der Waals surface area contributed by atoms with Gasteiger partial charge < -0.3 is 0 Å². The van der Waals surface area contributed by atoms with Gasteiger partial charge in [0.1, 0.15) is 0 Å². The minimum atomic E-state index is -1.21. The lowest BCUT2D eigenvalue weighted by Crippen LogP contribution is -2.34. The highest BCUT2D eigenvalue weighted by Crippen LogP contribution is 2.32. The highest BCUT2D eigenvalue weighted by atomic mass is 28.3. The van der Waals surface area contributed by atoms with Crippen molar-refractivity contribution >= 4 is 13.8 Å². The molecule has 0 aromatic rings. The topological polar surface area (TPSA) is 12.4 Å². The average Bonchev–Trinajstić information content (AvgIpc) is 2.05. The van der Waals surface area contributed by atoms with Gasteiger partial charge in [0.05, 0.1) is 8.07 Å². The summed E-state index contributed by atoms with van der Waals surface area (Å²) in [5.74, 6) is 0. The largest absolute Gasteiger partial charge is 0.294 e. The SMILES string of the molecule is C=C(C)C(C1=NCCCCCC1)[Si](C)(C)C. The zero-order valence-corrected chi connectivity index (χ0v) is 12.5. The fourth-order valence-corrected chi connectivity index (χ4v) is 5.55. The first-order chi connectivity index (χ1) is 7.43. The molecule has 1 unspecified atom stereocenters. The molecule has 16 heavy (non-hydrogen) atoms. The van der Waals surface area contributed by atoms with Crippen molar-refractivity contribution in [3.05, 3.63) is 12.2 Å². The van der Waals surface area contributed by atoms with Crippen molar-refractivity contribution in [2.75, 3.05) is 6.54 Å². The van der Waals surface area contributed by atoms with Crippen LogP contribution in [0.1, 0.15) is 39.0 Å². The van der Waals surface area contributed by atoms with Crippen LogP contribution in [0.3, 0.4) is 0 Å². The highest BCUT2D eigenvalue weighted by molar-refractivity contribution is 6.81. The maximum Gasteiger partial charge on any atom is 0.0584 e.